The normalized spacial score (nSPS) is 11.7. The molecule has 9 nitrogen and oxygen atoms in total. The largest absolute Gasteiger partial charge is 0.491 e. The Kier molecular flexibility index (Phi) is 10.6. The zero-order valence-electron chi connectivity index (χ0n) is 21.2. The number of alkyl halides is 3. The molecule has 3 aromatic rings. The Balaban J connectivity index is 1.83. The van der Waals surface area contributed by atoms with Gasteiger partial charge in [0, 0.05) is 40.3 Å². The van der Waals surface area contributed by atoms with Crippen molar-refractivity contribution in [2.75, 3.05) is 44.0 Å². The maximum Gasteiger partial charge on any atom is 0.409 e. The number of aromatic nitrogens is 2. The van der Waals surface area contributed by atoms with E-state index in [2.05, 4.69) is 36.5 Å². The van der Waals surface area contributed by atoms with Crippen molar-refractivity contribution in [3.05, 3.63) is 59.4 Å². The number of hydrogen-bond donors (Lipinski definition) is 2. The van der Waals surface area contributed by atoms with Crippen LogP contribution in [0.25, 0.3) is 10.9 Å². The van der Waals surface area contributed by atoms with Crippen molar-refractivity contribution >= 4 is 55.9 Å². The fourth-order valence-electron chi connectivity index (χ4n) is 3.47. The second-order valence-electron chi connectivity index (χ2n) is 8.33. The lowest BCUT2D eigenvalue weighted by molar-refractivity contribution is -0.144. The quantitative estimate of drug-likeness (QED) is 0.158. The molecule has 1 aromatic heterocycles. The Labute approximate surface area is 231 Å². The summed E-state index contributed by atoms with van der Waals surface area (Å²) in [6.45, 7) is 2.88. The number of esters is 1. The Morgan fingerprint density at radius 1 is 1.18 bits per heavy atom. The lowest BCUT2D eigenvalue weighted by Crippen LogP contribution is -2.29. The number of carbonyl (C=O) groups is 2. The van der Waals surface area contributed by atoms with E-state index in [9.17, 15) is 22.8 Å². The van der Waals surface area contributed by atoms with Crippen molar-refractivity contribution in [1.82, 2.24) is 14.9 Å². The predicted molar refractivity (Wildman–Crippen MR) is 145 cm³/mol. The molecule has 0 unspecified atom stereocenters. The van der Waals surface area contributed by atoms with Crippen molar-refractivity contribution in [1.29, 1.82) is 0 Å². The predicted octanol–water partition coefficient (Wildman–Crippen LogP) is 5.46. The average Bonchev–Trinajstić information content (AvgIpc) is 2.85. The van der Waals surface area contributed by atoms with Gasteiger partial charge in [-0.25, -0.2) is 9.97 Å². The molecule has 0 radical (unpaired) electrons. The summed E-state index contributed by atoms with van der Waals surface area (Å²) in [6, 6.07) is 10.5. The summed E-state index contributed by atoms with van der Waals surface area (Å²) in [5, 5.41) is 6.14. The van der Waals surface area contributed by atoms with E-state index in [1.165, 1.54) is 12.4 Å². The topological polar surface area (TPSA) is 106 Å². The van der Waals surface area contributed by atoms with E-state index in [1.807, 2.05) is 24.3 Å². The first-order chi connectivity index (χ1) is 18.5. The molecule has 0 aliphatic carbocycles. The van der Waals surface area contributed by atoms with Crippen LogP contribution in [0.4, 0.5) is 30.4 Å². The highest BCUT2D eigenvalue weighted by atomic mass is 79.9. The first-order valence-electron chi connectivity index (χ1n) is 11.9. The number of halogens is 4. The molecule has 13 heteroatoms. The van der Waals surface area contributed by atoms with E-state index in [0.717, 1.165) is 10.2 Å². The molecular weight excluding hydrogens is 583 g/mol. The number of likely N-dealkylation sites (N-methyl/N-ethyl adjacent to an activating group) is 1. The molecule has 0 aliphatic heterocycles. The fraction of sp³-hybridized carbons (Fsp3) is 0.308. The van der Waals surface area contributed by atoms with E-state index in [1.54, 1.807) is 24.9 Å². The number of rotatable bonds is 12. The van der Waals surface area contributed by atoms with Gasteiger partial charge in [-0.2, -0.15) is 13.2 Å². The lowest BCUT2D eigenvalue weighted by Gasteiger charge is -2.17. The maximum absolute atomic E-state index is 12.6. The summed E-state index contributed by atoms with van der Waals surface area (Å²) >= 11 is 3.41. The van der Waals surface area contributed by atoms with Crippen LogP contribution in [-0.4, -0.2) is 66.3 Å². The molecule has 0 saturated carbocycles. The highest BCUT2D eigenvalue weighted by Crippen LogP contribution is 2.34. The first kappa shape index (κ1) is 29.8. The number of nitrogens with one attached hydrogen (secondary N) is 2. The third-order valence-corrected chi connectivity index (χ3v) is 5.64. The molecule has 0 bridgehead atoms. The van der Waals surface area contributed by atoms with Gasteiger partial charge in [-0.3, -0.25) is 14.5 Å². The molecule has 1 heterocycles. The van der Waals surface area contributed by atoms with Crippen molar-refractivity contribution in [3.8, 4) is 5.75 Å². The van der Waals surface area contributed by atoms with Crippen LogP contribution in [0.3, 0.4) is 0 Å². The average molecular weight is 610 g/mol. The number of amides is 1. The number of ether oxygens (including phenoxy) is 2. The first-order valence-corrected chi connectivity index (χ1v) is 12.7. The van der Waals surface area contributed by atoms with Gasteiger partial charge in [0.05, 0.1) is 31.0 Å². The molecule has 0 saturated heterocycles. The van der Waals surface area contributed by atoms with E-state index in [-0.39, 0.29) is 36.6 Å². The van der Waals surface area contributed by atoms with Crippen LogP contribution in [0.15, 0.2) is 59.4 Å². The van der Waals surface area contributed by atoms with Gasteiger partial charge >= 0.3 is 12.1 Å². The summed E-state index contributed by atoms with van der Waals surface area (Å²) in [7, 11) is 1.77. The number of nitrogens with zero attached hydrogens (tertiary/aromatic N) is 3. The summed E-state index contributed by atoms with van der Waals surface area (Å²) in [4.78, 5) is 34.2. The van der Waals surface area contributed by atoms with Gasteiger partial charge in [0.2, 0.25) is 5.91 Å². The molecule has 2 N–H and O–H groups in total. The van der Waals surface area contributed by atoms with Gasteiger partial charge < -0.3 is 20.1 Å². The summed E-state index contributed by atoms with van der Waals surface area (Å²) in [6.07, 6.45) is -2.49. The maximum atomic E-state index is 12.6. The molecule has 0 aliphatic rings. The van der Waals surface area contributed by atoms with E-state index in [4.69, 9.17) is 9.47 Å². The molecule has 2 aromatic carbocycles. The van der Waals surface area contributed by atoms with Crippen LogP contribution < -0.4 is 15.4 Å². The molecule has 0 atom stereocenters. The standard InChI is InChI=1S/C26H27BrF3N5O4/c1-3-38-24(37)15-35(2)10-5-11-39-22-14-20-19(13-21(22)34-23(36)8-9-26(28,29)30)25(32-16-31-20)33-18-7-4-6-17(27)12-18/h4,6-9,12-14,16H,3,5,10-11,15H2,1-2H3,(H,34,36)(H,31,32,33). The minimum Gasteiger partial charge on any atom is -0.491 e. The van der Waals surface area contributed by atoms with E-state index < -0.39 is 12.1 Å². The third kappa shape index (κ3) is 9.84. The number of carbonyl (C=O) groups excluding carboxylic acids is 2. The Bertz CT molecular complexity index is 1340. The lowest BCUT2D eigenvalue weighted by atomic mass is 10.1. The minimum absolute atomic E-state index is 0.126. The van der Waals surface area contributed by atoms with Gasteiger partial charge in [-0.1, -0.05) is 22.0 Å². The molecular formula is C26H27BrF3N5O4. The van der Waals surface area contributed by atoms with Crippen molar-refractivity contribution in [2.24, 2.45) is 0 Å². The number of allylic oxidation sites excluding steroid dienone is 1. The monoisotopic (exact) mass is 609 g/mol. The molecule has 0 fully saturated rings. The molecule has 208 valence electrons. The highest BCUT2D eigenvalue weighted by molar-refractivity contribution is 9.10. The number of fused-ring (bicyclic) bond motifs is 1. The van der Waals surface area contributed by atoms with Crippen LogP contribution in [0.2, 0.25) is 0 Å². The van der Waals surface area contributed by atoms with Crippen molar-refractivity contribution in [3.63, 3.8) is 0 Å². The number of benzene rings is 2. The highest BCUT2D eigenvalue weighted by Gasteiger charge is 2.23. The second kappa shape index (κ2) is 13.9. The van der Waals surface area contributed by atoms with E-state index >= 15 is 0 Å². The fourth-order valence-corrected chi connectivity index (χ4v) is 3.87. The Hall–Kier alpha value is -3.71. The van der Waals surface area contributed by atoms with Gasteiger partial charge in [-0.15, -0.1) is 0 Å². The smallest absolute Gasteiger partial charge is 0.409 e. The summed E-state index contributed by atoms with van der Waals surface area (Å²) in [5.74, 6) is -0.675. The number of hydrogen-bond acceptors (Lipinski definition) is 8. The van der Waals surface area contributed by atoms with Crippen LogP contribution in [0.1, 0.15) is 13.3 Å². The van der Waals surface area contributed by atoms with Crippen LogP contribution in [0, 0.1) is 0 Å². The van der Waals surface area contributed by atoms with E-state index in [0.29, 0.717) is 42.4 Å². The Morgan fingerprint density at radius 2 is 1.97 bits per heavy atom. The summed E-state index contributed by atoms with van der Waals surface area (Å²) in [5.41, 5.74) is 1.36. The van der Waals surface area contributed by atoms with Gasteiger partial charge in [0.25, 0.3) is 0 Å². The molecule has 1 amide bonds. The van der Waals surface area contributed by atoms with Crippen molar-refractivity contribution in [2.45, 2.75) is 19.5 Å². The molecule has 3 rings (SSSR count). The zero-order valence-corrected chi connectivity index (χ0v) is 22.8. The van der Waals surface area contributed by atoms with Crippen LogP contribution >= 0.6 is 15.9 Å². The van der Waals surface area contributed by atoms with Gasteiger partial charge in [0.15, 0.2) is 0 Å². The molecule has 0 spiro atoms. The second-order valence-corrected chi connectivity index (χ2v) is 9.25. The molecule has 39 heavy (non-hydrogen) atoms. The summed E-state index contributed by atoms with van der Waals surface area (Å²) < 4.78 is 49.4. The number of anilines is 3. The van der Waals surface area contributed by atoms with Crippen LogP contribution in [0.5, 0.6) is 5.75 Å². The third-order valence-electron chi connectivity index (χ3n) is 5.15. The van der Waals surface area contributed by atoms with Gasteiger partial charge in [-0.05, 0) is 44.7 Å². The van der Waals surface area contributed by atoms with Gasteiger partial charge in [0.1, 0.15) is 17.9 Å². The minimum atomic E-state index is -4.63. The zero-order chi connectivity index (χ0) is 28.4. The Morgan fingerprint density at radius 3 is 2.69 bits per heavy atom. The van der Waals surface area contributed by atoms with Crippen molar-refractivity contribution < 1.29 is 32.2 Å². The van der Waals surface area contributed by atoms with Crippen LogP contribution in [-0.2, 0) is 14.3 Å². The SMILES string of the molecule is CCOC(=O)CN(C)CCCOc1cc2ncnc(Nc3cccc(Br)c3)c2cc1NC(=O)C=CC(F)(F)F.